The van der Waals surface area contributed by atoms with E-state index in [2.05, 4.69) is 20.5 Å². The highest BCUT2D eigenvalue weighted by atomic mass is 16.5. The van der Waals surface area contributed by atoms with Gasteiger partial charge in [0.05, 0.1) is 7.11 Å². The molecule has 1 heterocycles. The first-order valence-corrected chi connectivity index (χ1v) is 5.51. The van der Waals surface area contributed by atoms with Crippen molar-refractivity contribution in [3.63, 3.8) is 0 Å². The molecule has 1 aromatic heterocycles. The highest BCUT2D eigenvalue weighted by Gasteiger charge is 2.23. The second-order valence-electron chi connectivity index (χ2n) is 3.83. The van der Waals surface area contributed by atoms with Crippen molar-refractivity contribution in [3.8, 4) is 5.75 Å². The Labute approximate surface area is 109 Å². The number of H-pyrrole nitrogens is 1. The van der Waals surface area contributed by atoms with Crippen molar-refractivity contribution in [3.05, 3.63) is 40.5 Å². The molecule has 96 valence electrons. The molecule has 7 nitrogen and oxygen atoms in total. The van der Waals surface area contributed by atoms with Crippen LogP contribution in [-0.2, 0) is 0 Å². The molecule has 2 aromatic rings. The summed E-state index contributed by atoms with van der Waals surface area (Å²) >= 11 is 0. The highest BCUT2D eigenvalue weighted by Crippen LogP contribution is 2.26. The van der Waals surface area contributed by atoms with Crippen LogP contribution < -0.4 is 10.1 Å². The van der Waals surface area contributed by atoms with Crippen LogP contribution in [0.2, 0.25) is 0 Å². The maximum absolute atomic E-state index is 12.0. The van der Waals surface area contributed by atoms with E-state index in [-0.39, 0.29) is 17.4 Å². The number of aromatic amines is 1. The highest BCUT2D eigenvalue weighted by molar-refractivity contribution is 6.05. The quantitative estimate of drug-likeness (QED) is 0.826. The van der Waals surface area contributed by atoms with Crippen LogP contribution in [0.3, 0.4) is 0 Å². The van der Waals surface area contributed by atoms with Crippen LogP contribution in [0.5, 0.6) is 5.75 Å². The molecule has 0 spiro atoms. The number of aromatic nitrogens is 2. The number of hydrogen-bond donors (Lipinski definition) is 2. The van der Waals surface area contributed by atoms with Crippen molar-refractivity contribution < 1.29 is 9.53 Å². The van der Waals surface area contributed by atoms with Crippen molar-refractivity contribution in [1.29, 1.82) is 5.39 Å². The minimum absolute atomic E-state index is 0.181. The van der Waals surface area contributed by atoms with E-state index in [9.17, 15) is 4.79 Å². The minimum atomic E-state index is -0.348. The lowest BCUT2D eigenvalue weighted by Crippen LogP contribution is -2.12. The molecular weight excluding hydrogens is 246 g/mol. The van der Waals surface area contributed by atoms with Crippen LogP contribution in [0, 0.1) is 12.3 Å². The fourth-order valence-corrected chi connectivity index (χ4v) is 1.55. The second-order valence-corrected chi connectivity index (χ2v) is 3.83. The Morgan fingerprint density at radius 2 is 2.11 bits per heavy atom. The van der Waals surface area contributed by atoms with Crippen molar-refractivity contribution in [2.75, 3.05) is 12.4 Å². The summed E-state index contributed by atoms with van der Waals surface area (Å²) in [5, 5.41) is 17.9. The number of ether oxygens (including phenoxy) is 1. The average Bonchev–Trinajstić information content (AvgIpc) is 2.79. The van der Waals surface area contributed by atoms with Gasteiger partial charge >= 0.3 is 5.69 Å². The molecule has 0 aliphatic heterocycles. The fraction of sp³-hybridized carbons (Fsp3) is 0.167. The number of diazo groups is 1. The third-order valence-electron chi connectivity index (χ3n) is 2.60. The maximum Gasteiger partial charge on any atom is 0.449 e. The molecule has 7 heteroatoms. The van der Waals surface area contributed by atoms with Gasteiger partial charge in [0.2, 0.25) is 5.39 Å². The molecule has 2 N–H and O–H groups in total. The normalized spacial score (nSPS) is 9.74. The molecule has 2 rings (SSSR count). The van der Waals surface area contributed by atoms with Crippen LogP contribution in [0.15, 0.2) is 24.3 Å². The summed E-state index contributed by atoms with van der Waals surface area (Å²) in [7, 11) is 1.55. The zero-order valence-electron chi connectivity index (χ0n) is 10.5. The van der Waals surface area contributed by atoms with Gasteiger partial charge in [-0.2, -0.15) is 0 Å². The molecule has 0 bridgehead atoms. The van der Waals surface area contributed by atoms with E-state index in [0.717, 1.165) is 0 Å². The Morgan fingerprint density at radius 3 is 2.68 bits per heavy atom. The molecule has 1 amide bonds. The van der Waals surface area contributed by atoms with Crippen LogP contribution >= 0.6 is 0 Å². The molecule has 0 fully saturated rings. The molecule has 0 aliphatic carbocycles. The number of carbonyl (C=O) groups excluding carboxylic acids is 1. The third-order valence-corrected chi connectivity index (χ3v) is 2.60. The topological polar surface area (TPSA) is 95.2 Å². The molecule has 0 saturated heterocycles. The number of methoxy groups -OCH3 is 1. The molecule has 1 aromatic carbocycles. The molecule has 19 heavy (non-hydrogen) atoms. The first kappa shape index (κ1) is 12.6. The predicted octanol–water partition coefficient (Wildman–Crippen LogP) is 2.46. The van der Waals surface area contributed by atoms with Crippen LogP contribution in [0.4, 0.5) is 11.5 Å². The van der Waals surface area contributed by atoms with E-state index in [1.54, 1.807) is 38.3 Å². The van der Waals surface area contributed by atoms with Gasteiger partial charge in [-0.1, -0.05) is 0 Å². The predicted molar refractivity (Wildman–Crippen MR) is 69.0 cm³/mol. The van der Waals surface area contributed by atoms with E-state index >= 15 is 0 Å². The van der Waals surface area contributed by atoms with Gasteiger partial charge in [-0.3, -0.25) is 15.2 Å². The van der Waals surface area contributed by atoms with Gasteiger partial charge in [0.1, 0.15) is 11.4 Å². The second kappa shape index (κ2) is 5.18. The Balaban J connectivity index is 2.18. The van der Waals surface area contributed by atoms with Gasteiger partial charge < -0.3 is 4.74 Å². The summed E-state index contributed by atoms with van der Waals surface area (Å²) < 4.78 is 5.01. The van der Waals surface area contributed by atoms with Crippen LogP contribution in [0.1, 0.15) is 16.1 Å². The van der Waals surface area contributed by atoms with Crippen LogP contribution in [0.25, 0.3) is 4.98 Å². The summed E-state index contributed by atoms with van der Waals surface area (Å²) in [6, 6.07) is 6.62. The number of amides is 1. The molecule has 0 radical (unpaired) electrons. The van der Waals surface area contributed by atoms with Crippen molar-refractivity contribution in [2.45, 2.75) is 6.92 Å². The Hall–Kier alpha value is -2.88. The number of hydrogen-bond acceptors (Lipinski definition) is 4. The molecular formula is C12H12N5O2+. The standard InChI is InChI=1S/C12H11N5O2/c1-7-10(15-13)11(17-16-7)14-12(18)8-3-5-9(19-2)6-4-8/h3-6,13H,1-2H3/p+1. The van der Waals surface area contributed by atoms with Crippen molar-refractivity contribution in [1.82, 2.24) is 10.2 Å². The summed E-state index contributed by atoms with van der Waals surface area (Å²) in [5.41, 5.74) is 1.22. The van der Waals surface area contributed by atoms with Gasteiger partial charge in [-0.15, -0.1) is 5.10 Å². The molecule has 0 unspecified atom stereocenters. The van der Waals surface area contributed by atoms with E-state index in [1.807, 2.05) is 0 Å². The number of nitrogens with one attached hydrogen (secondary N) is 2. The number of benzene rings is 1. The lowest BCUT2D eigenvalue weighted by Gasteiger charge is -2.02. The van der Waals surface area contributed by atoms with Gasteiger partial charge in [0, 0.05) is 5.56 Å². The molecule has 0 aliphatic rings. The summed E-state index contributed by atoms with van der Waals surface area (Å²) in [6.45, 7) is 1.69. The zero-order valence-corrected chi connectivity index (χ0v) is 10.5. The molecule has 0 saturated carbocycles. The largest absolute Gasteiger partial charge is 0.497 e. The zero-order chi connectivity index (χ0) is 13.8. The fourth-order valence-electron chi connectivity index (χ4n) is 1.55. The van der Waals surface area contributed by atoms with Gasteiger partial charge in [-0.25, -0.2) is 0 Å². The average molecular weight is 258 g/mol. The molecule has 0 atom stereocenters. The Morgan fingerprint density at radius 1 is 1.42 bits per heavy atom. The number of aryl methyl sites for hydroxylation is 1. The van der Waals surface area contributed by atoms with Gasteiger partial charge in [-0.05, 0) is 31.2 Å². The van der Waals surface area contributed by atoms with E-state index < -0.39 is 0 Å². The summed E-state index contributed by atoms with van der Waals surface area (Å²) in [6.07, 6.45) is 0. The van der Waals surface area contributed by atoms with Crippen molar-refractivity contribution in [2.24, 2.45) is 0 Å². The number of rotatable bonds is 3. The van der Waals surface area contributed by atoms with Crippen molar-refractivity contribution >= 4 is 17.4 Å². The van der Waals surface area contributed by atoms with Gasteiger partial charge in [0.15, 0.2) is 4.98 Å². The van der Waals surface area contributed by atoms with Crippen LogP contribution in [-0.4, -0.2) is 23.2 Å². The maximum atomic E-state index is 12.0. The summed E-state index contributed by atoms with van der Waals surface area (Å²) in [4.78, 5) is 15.0. The SMILES string of the molecule is COc1ccc(C(=O)Nc2n[nH]c(C)c2[N+]#N)cc1. The number of carbonyl (C=O) groups is 1. The lowest BCUT2D eigenvalue weighted by atomic mass is 10.2. The minimum Gasteiger partial charge on any atom is -0.497 e. The third kappa shape index (κ3) is 2.52. The smallest absolute Gasteiger partial charge is 0.449 e. The first-order chi connectivity index (χ1) is 9.15. The monoisotopic (exact) mass is 258 g/mol. The summed E-state index contributed by atoms with van der Waals surface area (Å²) in [5.74, 6) is 0.498. The lowest BCUT2D eigenvalue weighted by molar-refractivity contribution is 0.102. The number of nitrogens with zero attached hydrogens (tertiary/aromatic N) is 3. The number of anilines is 1. The Bertz CT molecular complexity index is 639. The van der Waals surface area contributed by atoms with E-state index in [4.69, 9.17) is 10.1 Å². The van der Waals surface area contributed by atoms with E-state index in [1.165, 1.54) is 0 Å². The van der Waals surface area contributed by atoms with E-state index in [0.29, 0.717) is 17.0 Å². The van der Waals surface area contributed by atoms with Gasteiger partial charge in [0.25, 0.3) is 11.7 Å². The first-order valence-electron chi connectivity index (χ1n) is 5.51. The Kier molecular flexibility index (Phi) is 3.43.